The van der Waals surface area contributed by atoms with Crippen molar-refractivity contribution in [2.45, 2.75) is 63.8 Å². The lowest BCUT2D eigenvalue weighted by atomic mass is 9.94. The molecule has 1 saturated carbocycles. The van der Waals surface area contributed by atoms with Gasteiger partial charge >= 0.3 is 0 Å². The first kappa shape index (κ1) is 17.9. The Balaban J connectivity index is 1.28. The number of rotatable bonds is 3. The molecule has 0 unspecified atom stereocenters. The molecule has 1 saturated heterocycles. The van der Waals surface area contributed by atoms with Gasteiger partial charge in [-0.1, -0.05) is 19.3 Å². The van der Waals surface area contributed by atoms with Gasteiger partial charge in [0.15, 0.2) is 0 Å². The van der Waals surface area contributed by atoms with Crippen molar-refractivity contribution < 1.29 is 4.79 Å². The molecule has 1 aromatic heterocycles. The van der Waals surface area contributed by atoms with E-state index in [-0.39, 0.29) is 5.91 Å². The summed E-state index contributed by atoms with van der Waals surface area (Å²) < 4.78 is 2.02. The normalized spacial score (nSPS) is 21.7. The minimum Gasteiger partial charge on any atom is -0.312 e. The first-order valence-corrected chi connectivity index (χ1v) is 11.0. The Morgan fingerprint density at radius 3 is 2.32 bits per heavy atom. The molecule has 3 aliphatic rings. The maximum atomic E-state index is 11.9. The summed E-state index contributed by atoms with van der Waals surface area (Å²) in [5, 5.41) is 4.91. The second kappa shape index (κ2) is 7.70. The van der Waals surface area contributed by atoms with E-state index in [2.05, 4.69) is 35.4 Å². The molecule has 148 valence electrons. The summed E-state index contributed by atoms with van der Waals surface area (Å²) in [6.07, 6.45) is 13.0. The fraction of sp³-hybridized carbons (Fsp3) is 0.565. The summed E-state index contributed by atoms with van der Waals surface area (Å²) in [5.74, 6) is 0.237. The minimum atomic E-state index is 0.237. The number of amides is 1. The molecular weight excluding hydrogens is 348 g/mol. The van der Waals surface area contributed by atoms with Gasteiger partial charge < -0.3 is 4.90 Å². The Hall–Kier alpha value is -2.14. The van der Waals surface area contributed by atoms with E-state index < -0.39 is 0 Å². The first-order chi connectivity index (χ1) is 13.8. The van der Waals surface area contributed by atoms with Crippen LogP contribution in [-0.2, 0) is 17.6 Å². The second-order valence-electron chi connectivity index (χ2n) is 8.54. The molecule has 5 heteroatoms. The van der Waals surface area contributed by atoms with E-state index in [1.54, 1.807) is 0 Å². The van der Waals surface area contributed by atoms with Crippen molar-refractivity contribution in [3.8, 4) is 5.69 Å². The number of hydrogen-bond donors (Lipinski definition) is 0. The molecule has 5 nitrogen and oxygen atoms in total. The lowest BCUT2D eigenvalue weighted by molar-refractivity contribution is -0.117. The zero-order valence-corrected chi connectivity index (χ0v) is 16.6. The largest absolute Gasteiger partial charge is 0.312 e. The molecule has 2 fully saturated rings. The molecule has 0 atom stereocenters. The van der Waals surface area contributed by atoms with Crippen LogP contribution in [0.3, 0.4) is 0 Å². The topological polar surface area (TPSA) is 41.4 Å². The van der Waals surface area contributed by atoms with Gasteiger partial charge in [0.2, 0.25) is 5.91 Å². The summed E-state index contributed by atoms with van der Waals surface area (Å²) >= 11 is 0. The van der Waals surface area contributed by atoms with Crippen molar-refractivity contribution in [2.75, 3.05) is 24.5 Å². The number of aromatic nitrogens is 2. The highest BCUT2D eigenvalue weighted by atomic mass is 16.2. The Kier molecular flexibility index (Phi) is 4.93. The summed E-state index contributed by atoms with van der Waals surface area (Å²) in [6.45, 7) is 3.15. The number of anilines is 1. The van der Waals surface area contributed by atoms with Crippen LogP contribution in [0.1, 0.15) is 56.2 Å². The van der Waals surface area contributed by atoms with Crippen LogP contribution < -0.4 is 4.90 Å². The molecule has 3 heterocycles. The van der Waals surface area contributed by atoms with E-state index in [1.807, 2.05) is 9.58 Å². The summed E-state index contributed by atoms with van der Waals surface area (Å²) in [4.78, 5) is 16.5. The van der Waals surface area contributed by atoms with E-state index in [0.29, 0.717) is 6.42 Å². The van der Waals surface area contributed by atoms with Gasteiger partial charge in [0.1, 0.15) is 0 Å². The Bertz CT molecular complexity index is 809. The highest BCUT2D eigenvalue weighted by Gasteiger charge is 2.25. The first-order valence-electron chi connectivity index (χ1n) is 11.0. The third-order valence-electron chi connectivity index (χ3n) is 6.77. The molecule has 2 aromatic rings. The molecule has 1 aromatic carbocycles. The van der Waals surface area contributed by atoms with Crippen LogP contribution in [0.15, 0.2) is 30.5 Å². The van der Waals surface area contributed by atoms with Gasteiger partial charge in [-0.25, -0.2) is 4.68 Å². The molecule has 2 aliphatic heterocycles. The Labute approximate surface area is 167 Å². The van der Waals surface area contributed by atoms with Gasteiger partial charge in [-0.05, 0) is 55.5 Å². The number of carbonyl (C=O) groups is 1. The van der Waals surface area contributed by atoms with Crippen molar-refractivity contribution in [1.29, 1.82) is 0 Å². The fourth-order valence-corrected chi connectivity index (χ4v) is 5.14. The van der Waals surface area contributed by atoms with Crippen LogP contribution in [0.25, 0.3) is 5.69 Å². The van der Waals surface area contributed by atoms with Gasteiger partial charge in [-0.2, -0.15) is 5.10 Å². The Morgan fingerprint density at radius 2 is 1.57 bits per heavy atom. The van der Waals surface area contributed by atoms with Gasteiger partial charge in [0.25, 0.3) is 0 Å². The molecular formula is C23H30N4O. The molecule has 0 spiro atoms. The molecule has 1 aliphatic carbocycles. The SMILES string of the molecule is O=C1CCCN1c1ccc(-n2cc3c(n2)CCN(C2CCCCC2)CC3)cc1. The zero-order chi connectivity index (χ0) is 18.9. The quantitative estimate of drug-likeness (QED) is 0.817. The number of carbonyl (C=O) groups excluding carboxylic acids is 1. The van der Waals surface area contributed by atoms with Crippen LogP contribution in [0.5, 0.6) is 0 Å². The fourth-order valence-electron chi connectivity index (χ4n) is 5.14. The lowest BCUT2D eigenvalue weighted by Gasteiger charge is -2.33. The molecule has 0 N–H and O–H groups in total. The minimum absolute atomic E-state index is 0.237. The van der Waals surface area contributed by atoms with Crippen molar-refractivity contribution >= 4 is 11.6 Å². The highest BCUT2D eigenvalue weighted by Crippen LogP contribution is 2.26. The van der Waals surface area contributed by atoms with E-state index >= 15 is 0 Å². The van der Waals surface area contributed by atoms with Crippen LogP contribution >= 0.6 is 0 Å². The summed E-state index contributed by atoms with van der Waals surface area (Å²) in [5.41, 5.74) is 4.74. The highest BCUT2D eigenvalue weighted by molar-refractivity contribution is 5.95. The van der Waals surface area contributed by atoms with Crippen molar-refractivity contribution in [3.63, 3.8) is 0 Å². The van der Waals surface area contributed by atoms with E-state index in [0.717, 1.165) is 49.8 Å². The van der Waals surface area contributed by atoms with E-state index in [4.69, 9.17) is 5.10 Å². The summed E-state index contributed by atoms with van der Waals surface area (Å²) in [6, 6.07) is 9.07. The third kappa shape index (κ3) is 3.48. The standard InChI is InChI=1S/C23H30N4O/c28-23-7-4-14-26(23)20-8-10-21(11-9-20)27-17-18-12-15-25(16-13-22(18)24-27)19-5-2-1-3-6-19/h8-11,17,19H,1-7,12-16H2. The zero-order valence-electron chi connectivity index (χ0n) is 16.6. The maximum Gasteiger partial charge on any atom is 0.227 e. The molecule has 0 radical (unpaired) electrons. The van der Waals surface area contributed by atoms with Gasteiger partial charge in [0, 0.05) is 50.4 Å². The Morgan fingerprint density at radius 1 is 0.821 bits per heavy atom. The molecule has 0 bridgehead atoms. The summed E-state index contributed by atoms with van der Waals surface area (Å²) in [7, 11) is 0. The van der Waals surface area contributed by atoms with E-state index in [1.165, 1.54) is 49.9 Å². The van der Waals surface area contributed by atoms with Crippen LogP contribution in [0, 0.1) is 0 Å². The number of nitrogens with zero attached hydrogens (tertiary/aromatic N) is 4. The van der Waals surface area contributed by atoms with Crippen LogP contribution in [0.4, 0.5) is 5.69 Å². The molecule has 5 rings (SSSR count). The predicted octanol–water partition coefficient (Wildman–Crippen LogP) is 3.73. The monoisotopic (exact) mass is 378 g/mol. The van der Waals surface area contributed by atoms with Gasteiger partial charge in [-0.15, -0.1) is 0 Å². The van der Waals surface area contributed by atoms with Gasteiger partial charge in [-0.3, -0.25) is 9.69 Å². The lowest BCUT2D eigenvalue weighted by Crippen LogP contribution is -2.38. The molecule has 1 amide bonds. The van der Waals surface area contributed by atoms with E-state index in [9.17, 15) is 4.79 Å². The maximum absolute atomic E-state index is 11.9. The number of benzene rings is 1. The average Bonchev–Trinajstić information content (AvgIpc) is 3.30. The average molecular weight is 379 g/mol. The predicted molar refractivity (Wildman–Crippen MR) is 111 cm³/mol. The number of hydrogen-bond acceptors (Lipinski definition) is 3. The molecule has 28 heavy (non-hydrogen) atoms. The van der Waals surface area contributed by atoms with Crippen molar-refractivity contribution in [3.05, 3.63) is 41.7 Å². The van der Waals surface area contributed by atoms with Crippen LogP contribution in [-0.4, -0.2) is 46.3 Å². The van der Waals surface area contributed by atoms with Crippen molar-refractivity contribution in [2.24, 2.45) is 0 Å². The van der Waals surface area contributed by atoms with Crippen LogP contribution in [0.2, 0.25) is 0 Å². The second-order valence-corrected chi connectivity index (χ2v) is 8.54. The number of fused-ring (bicyclic) bond motifs is 1. The van der Waals surface area contributed by atoms with Gasteiger partial charge in [0.05, 0.1) is 11.4 Å². The third-order valence-corrected chi connectivity index (χ3v) is 6.77. The smallest absolute Gasteiger partial charge is 0.227 e. The van der Waals surface area contributed by atoms with Crippen molar-refractivity contribution in [1.82, 2.24) is 14.7 Å².